The van der Waals surface area contributed by atoms with E-state index in [1.54, 1.807) is 13.4 Å². The summed E-state index contributed by atoms with van der Waals surface area (Å²) in [6.45, 7) is 4.12. The van der Waals surface area contributed by atoms with Crippen LogP contribution in [0.15, 0.2) is 58.1 Å². The maximum atomic E-state index is 13.0. The molecule has 142 valence electrons. The third kappa shape index (κ3) is 3.26. The molecule has 0 saturated carbocycles. The van der Waals surface area contributed by atoms with Gasteiger partial charge in [-0.15, -0.1) is 0 Å². The second-order valence-electron chi connectivity index (χ2n) is 7.16. The molecule has 0 bridgehead atoms. The third-order valence-corrected chi connectivity index (χ3v) is 5.13. The summed E-state index contributed by atoms with van der Waals surface area (Å²) in [7, 11) is 1.67. The van der Waals surface area contributed by atoms with Gasteiger partial charge in [-0.3, -0.25) is 9.78 Å². The molecule has 4 aromatic rings. The molecule has 0 spiro atoms. The van der Waals surface area contributed by atoms with Crippen LogP contribution in [0.1, 0.15) is 35.7 Å². The van der Waals surface area contributed by atoms with Gasteiger partial charge >= 0.3 is 0 Å². The van der Waals surface area contributed by atoms with Gasteiger partial charge in [0.15, 0.2) is 5.43 Å². The molecule has 4 heteroatoms. The van der Waals surface area contributed by atoms with Crippen LogP contribution in [-0.2, 0) is 12.8 Å². The van der Waals surface area contributed by atoms with Crippen molar-refractivity contribution in [2.45, 2.75) is 33.1 Å². The maximum absolute atomic E-state index is 13.0. The number of rotatable bonds is 5. The summed E-state index contributed by atoms with van der Waals surface area (Å²) in [6, 6.07) is 11.7. The van der Waals surface area contributed by atoms with Crippen LogP contribution in [0.25, 0.3) is 21.7 Å². The largest absolute Gasteiger partial charge is 0.497 e. The van der Waals surface area contributed by atoms with E-state index in [0.29, 0.717) is 23.0 Å². The van der Waals surface area contributed by atoms with E-state index in [4.69, 9.17) is 9.15 Å². The molecule has 0 aliphatic rings. The summed E-state index contributed by atoms with van der Waals surface area (Å²) in [5, 5.41) is 2.81. The molecule has 0 aliphatic heterocycles. The standard InChI is InChI=1S/C24H23NO3/c1-4-5-22-20-12-18(27-3)7-8-19(20)16(13-25-22)11-17-14-28-23-9-6-15(2)10-21(23)24(17)26/h6-10,12-14H,4-5,11H2,1-3H3. The lowest BCUT2D eigenvalue weighted by Gasteiger charge is -2.12. The Kier molecular flexibility index (Phi) is 4.86. The predicted octanol–water partition coefficient (Wildman–Crippen LogP) is 5.20. The van der Waals surface area contributed by atoms with Crippen molar-refractivity contribution in [1.29, 1.82) is 0 Å². The number of aryl methyl sites for hydroxylation is 2. The van der Waals surface area contributed by atoms with E-state index in [-0.39, 0.29) is 5.43 Å². The number of pyridine rings is 1. The number of benzene rings is 2. The zero-order chi connectivity index (χ0) is 19.7. The molecule has 0 fully saturated rings. The van der Waals surface area contributed by atoms with Crippen LogP contribution in [0.4, 0.5) is 0 Å². The van der Waals surface area contributed by atoms with E-state index in [2.05, 4.69) is 18.0 Å². The minimum Gasteiger partial charge on any atom is -0.497 e. The molecule has 0 amide bonds. The smallest absolute Gasteiger partial charge is 0.196 e. The van der Waals surface area contributed by atoms with E-state index < -0.39 is 0 Å². The zero-order valence-corrected chi connectivity index (χ0v) is 16.4. The van der Waals surface area contributed by atoms with Gasteiger partial charge in [0, 0.05) is 29.3 Å². The van der Waals surface area contributed by atoms with Crippen LogP contribution in [0.3, 0.4) is 0 Å². The average Bonchev–Trinajstić information content (AvgIpc) is 2.71. The Morgan fingerprint density at radius 3 is 2.68 bits per heavy atom. The summed E-state index contributed by atoms with van der Waals surface area (Å²) < 4.78 is 11.1. The molecule has 2 heterocycles. The van der Waals surface area contributed by atoms with Crippen LogP contribution in [0.5, 0.6) is 5.75 Å². The predicted molar refractivity (Wildman–Crippen MR) is 112 cm³/mol. The number of ether oxygens (including phenoxy) is 1. The van der Waals surface area contributed by atoms with Crippen molar-refractivity contribution < 1.29 is 9.15 Å². The molecule has 4 nitrogen and oxygen atoms in total. The summed E-state index contributed by atoms with van der Waals surface area (Å²) in [6.07, 6.45) is 5.87. The Hall–Kier alpha value is -3.14. The minimum atomic E-state index is 0.0178. The molecule has 0 unspecified atom stereocenters. The van der Waals surface area contributed by atoms with E-state index in [9.17, 15) is 4.79 Å². The van der Waals surface area contributed by atoms with Crippen molar-refractivity contribution in [3.63, 3.8) is 0 Å². The highest BCUT2D eigenvalue weighted by atomic mass is 16.5. The lowest BCUT2D eigenvalue weighted by Crippen LogP contribution is -2.10. The number of hydrogen-bond acceptors (Lipinski definition) is 4. The van der Waals surface area contributed by atoms with Crippen molar-refractivity contribution in [3.05, 3.63) is 81.5 Å². The van der Waals surface area contributed by atoms with Crippen LogP contribution in [0, 0.1) is 6.92 Å². The Bertz CT molecular complexity index is 1220. The Labute approximate surface area is 163 Å². The lowest BCUT2D eigenvalue weighted by molar-refractivity contribution is 0.415. The molecule has 2 aromatic heterocycles. The number of aromatic nitrogens is 1. The first-order valence-electron chi connectivity index (χ1n) is 9.56. The van der Waals surface area contributed by atoms with Gasteiger partial charge in [-0.1, -0.05) is 31.0 Å². The van der Waals surface area contributed by atoms with Gasteiger partial charge in [0.1, 0.15) is 11.3 Å². The summed E-state index contributed by atoms with van der Waals surface area (Å²) in [4.78, 5) is 17.7. The molecule has 2 aromatic carbocycles. The molecular formula is C24H23NO3. The molecular weight excluding hydrogens is 350 g/mol. The third-order valence-electron chi connectivity index (χ3n) is 5.13. The summed E-state index contributed by atoms with van der Waals surface area (Å²) >= 11 is 0. The normalized spacial score (nSPS) is 11.2. The van der Waals surface area contributed by atoms with E-state index in [1.807, 2.05) is 43.5 Å². The van der Waals surface area contributed by atoms with E-state index in [1.165, 1.54) is 0 Å². The second kappa shape index (κ2) is 7.47. The Balaban J connectivity index is 1.84. The molecule has 0 N–H and O–H groups in total. The average molecular weight is 373 g/mol. The van der Waals surface area contributed by atoms with E-state index in [0.717, 1.165) is 46.2 Å². The van der Waals surface area contributed by atoms with Crippen molar-refractivity contribution in [2.75, 3.05) is 7.11 Å². The van der Waals surface area contributed by atoms with Crippen LogP contribution < -0.4 is 10.2 Å². The molecule has 0 atom stereocenters. The Morgan fingerprint density at radius 1 is 1.04 bits per heavy atom. The van der Waals surface area contributed by atoms with E-state index >= 15 is 0 Å². The molecule has 0 saturated heterocycles. The first-order chi connectivity index (χ1) is 13.6. The fourth-order valence-electron chi connectivity index (χ4n) is 3.65. The van der Waals surface area contributed by atoms with Gasteiger partial charge in [-0.25, -0.2) is 0 Å². The van der Waals surface area contributed by atoms with Gasteiger partial charge in [0.05, 0.1) is 18.8 Å². The van der Waals surface area contributed by atoms with Gasteiger partial charge in [-0.05, 0) is 48.6 Å². The number of methoxy groups -OCH3 is 1. The summed E-state index contributed by atoms with van der Waals surface area (Å²) in [5.74, 6) is 0.810. The highest BCUT2D eigenvalue weighted by molar-refractivity contribution is 5.89. The SMILES string of the molecule is CCCc1ncc(Cc2coc3ccc(C)cc3c2=O)c2ccc(OC)cc12. The first kappa shape index (κ1) is 18.2. The van der Waals surface area contributed by atoms with Gasteiger partial charge < -0.3 is 9.15 Å². The zero-order valence-electron chi connectivity index (χ0n) is 16.4. The number of fused-ring (bicyclic) bond motifs is 2. The lowest BCUT2D eigenvalue weighted by atomic mass is 9.98. The van der Waals surface area contributed by atoms with Crippen molar-refractivity contribution in [1.82, 2.24) is 4.98 Å². The van der Waals surface area contributed by atoms with Crippen molar-refractivity contribution >= 4 is 21.7 Å². The van der Waals surface area contributed by atoms with Crippen LogP contribution >= 0.6 is 0 Å². The maximum Gasteiger partial charge on any atom is 0.196 e. The topological polar surface area (TPSA) is 52.3 Å². The summed E-state index contributed by atoms with van der Waals surface area (Å²) in [5.41, 5.74) is 4.38. The molecule has 4 rings (SSSR count). The van der Waals surface area contributed by atoms with Gasteiger partial charge in [-0.2, -0.15) is 0 Å². The quantitative estimate of drug-likeness (QED) is 0.482. The van der Waals surface area contributed by atoms with Crippen molar-refractivity contribution in [2.24, 2.45) is 0 Å². The van der Waals surface area contributed by atoms with Crippen molar-refractivity contribution in [3.8, 4) is 5.75 Å². The van der Waals surface area contributed by atoms with Crippen LogP contribution in [-0.4, -0.2) is 12.1 Å². The van der Waals surface area contributed by atoms with Crippen LogP contribution in [0.2, 0.25) is 0 Å². The molecule has 0 radical (unpaired) electrons. The fraction of sp³-hybridized carbons (Fsp3) is 0.250. The highest BCUT2D eigenvalue weighted by Gasteiger charge is 2.13. The number of nitrogens with zero attached hydrogens (tertiary/aromatic N) is 1. The first-order valence-corrected chi connectivity index (χ1v) is 9.56. The Morgan fingerprint density at radius 2 is 1.89 bits per heavy atom. The highest BCUT2D eigenvalue weighted by Crippen LogP contribution is 2.28. The number of hydrogen-bond donors (Lipinski definition) is 0. The monoisotopic (exact) mass is 373 g/mol. The van der Waals surface area contributed by atoms with Gasteiger partial charge in [0.2, 0.25) is 0 Å². The molecule has 28 heavy (non-hydrogen) atoms. The fourth-order valence-corrected chi connectivity index (χ4v) is 3.65. The minimum absolute atomic E-state index is 0.0178. The molecule has 0 aliphatic carbocycles. The second-order valence-corrected chi connectivity index (χ2v) is 7.16. The van der Waals surface area contributed by atoms with Gasteiger partial charge in [0.25, 0.3) is 0 Å².